The zero-order valence-corrected chi connectivity index (χ0v) is 9.34. The van der Waals surface area contributed by atoms with E-state index in [9.17, 15) is 23.1 Å². The second-order valence-corrected chi connectivity index (χ2v) is 4.12. The van der Waals surface area contributed by atoms with E-state index in [4.69, 9.17) is 10.8 Å². The van der Waals surface area contributed by atoms with E-state index in [2.05, 4.69) is 15.9 Å². The number of alkyl halides is 4. The van der Waals surface area contributed by atoms with Crippen molar-refractivity contribution in [2.75, 3.05) is 0 Å². The third-order valence-electron chi connectivity index (χ3n) is 2.03. The summed E-state index contributed by atoms with van der Waals surface area (Å²) in [5.41, 5.74) is 1.38. The van der Waals surface area contributed by atoms with Gasteiger partial charge < -0.3 is 15.9 Å². The first-order valence-corrected chi connectivity index (χ1v) is 4.92. The molecule has 0 aliphatic heterocycles. The molecule has 0 rings (SSSR count). The summed E-state index contributed by atoms with van der Waals surface area (Å²) in [5.74, 6) is -1.91. The highest BCUT2D eigenvalue weighted by molar-refractivity contribution is 9.09. The van der Waals surface area contributed by atoms with Crippen molar-refractivity contribution in [1.82, 2.24) is 0 Å². The molecule has 0 heterocycles. The van der Waals surface area contributed by atoms with Crippen molar-refractivity contribution in [3.63, 3.8) is 0 Å². The minimum absolute atomic E-state index is 0.114. The van der Waals surface area contributed by atoms with Crippen LogP contribution in [0, 0.1) is 0 Å². The maximum Gasteiger partial charge on any atom is 0.420 e. The van der Waals surface area contributed by atoms with Crippen LogP contribution in [0.2, 0.25) is 0 Å². The number of nitrogens with two attached hydrogens (primary N) is 1. The number of halogens is 4. The predicted octanol–water partition coefficient (Wildman–Crippen LogP) is 0.865. The van der Waals surface area contributed by atoms with Crippen LogP contribution in [0.5, 0.6) is 0 Å². The highest BCUT2D eigenvalue weighted by Gasteiger charge is 2.63. The Labute approximate surface area is 92.4 Å². The van der Waals surface area contributed by atoms with Crippen molar-refractivity contribution in [3.8, 4) is 0 Å². The lowest BCUT2D eigenvalue weighted by Crippen LogP contribution is -2.66. The van der Waals surface area contributed by atoms with Crippen molar-refractivity contribution >= 4 is 21.9 Å². The van der Waals surface area contributed by atoms with Crippen LogP contribution in [0.3, 0.4) is 0 Å². The second kappa shape index (κ2) is 4.67. The fourth-order valence-electron chi connectivity index (χ4n) is 1.05. The maximum atomic E-state index is 12.5. The summed E-state index contributed by atoms with van der Waals surface area (Å²) < 4.78 is 37.6. The number of rotatable bonds is 4. The molecule has 0 bridgehead atoms. The fourth-order valence-corrected chi connectivity index (χ4v) is 1.59. The van der Waals surface area contributed by atoms with Gasteiger partial charge in [0.2, 0.25) is 0 Å². The second-order valence-electron chi connectivity index (χ2n) is 3.01. The van der Waals surface area contributed by atoms with Gasteiger partial charge in [-0.25, -0.2) is 0 Å². The van der Waals surface area contributed by atoms with Crippen LogP contribution in [-0.4, -0.2) is 38.8 Å². The summed E-state index contributed by atoms with van der Waals surface area (Å²) in [5, 5.41) is 17.8. The molecular formula is C7H11BrF3NO3. The van der Waals surface area contributed by atoms with Gasteiger partial charge in [-0.1, -0.05) is 22.9 Å². The normalized spacial score (nSPS) is 20.5. The molecule has 0 aromatic rings. The number of aliphatic carboxylic acids is 1. The van der Waals surface area contributed by atoms with Crippen LogP contribution in [-0.2, 0) is 4.79 Å². The number of hydrogen-bond acceptors (Lipinski definition) is 3. The molecule has 0 saturated heterocycles. The molecule has 0 aromatic carbocycles. The molecule has 15 heavy (non-hydrogen) atoms. The SMILES string of the molecule is CCC(Br)C(O)(C(N)C(=O)O)C(F)(F)F. The third-order valence-corrected chi connectivity index (χ3v) is 3.38. The molecule has 8 heteroatoms. The van der Waals surface area contributed by atoms with Crippen LogP contribution in [0.1, 0.15) is 13.3 Å². The number of aliphatic hydroxyl groups is 1. The van der Waals surface area contributed by atoms with Crippen molar-refractivity contribution in [2.45, 2.75) is 36.0 Å². The minimum Gasteiger partial charge on any atom is -0.480 e. The summed E-state index contributed by atoms with van der Waals surface area (Å²) >= 11 is 2.59. The van der Waals surface area contributed by atoms with Crippen molar-refractivity contribution < 1.29 is 28.2 Å². The summed E-state index contributed by atoms with van der Waals surface area (Å²) in [6, 6.07) is -2.43. The van der Waals surface area contributed by atoms with E-state index in [0.717, 1.165) is 0 Å². The topological polar surface area (TPSA) is 83.5 Å². The lowest BCUT2D eigenvalue weighted by atomic mass is 9.89. The smallest absolute Gasteiger partial charge is 0.420 e. The van der Waals surface area contributed by atoms with Crippen molar-refractivity contribution in [2.24, 2.45) is 5.73 Å². The Morgan fingerprint density at radius 2 is 1.93 bits per heavy atom. The van der Waals surface area contributed by atoms with Gasteiger partial charge in [-0.2, -0.15) is 13.2 Å². The Hall–Kier alpha value is -0.340. The summed E-state index contributed by atoms with van der Waals surface area (Å²) in [4.78, 5) is 8.93. The van der Waals surface area contributed by atoms with Gasteiger partial charge >= 0.3 is 12.1 Å². The van der Waals surface area contributed by atoms with Gasteiger partial charge in [-0.3, -0.25) is 4.79 Å². The van der Waals surface area contributed by atoms with Crippen molar-refractivity contribution in [3.05, 3.63) is 0 Å². The molecule has 0 fully saturated rings. The van der Waals surface area contributed by atoms with E-state index in [0.29, 0.717) is 0 Å². The average Bonchev–Trinajstić information content (AvgIpc) is 2.11. The van der Waals surface area contributed by atoms with Crippen molar-refractivity contribution in [1.29, 1.82) is 0 Å². The monoisotopic (exact) mass is 293 g/mol. The molecule has 3 atom stereocenters. The minimum atomic E-state index is -5.12. The van der Waals surface area contributed by atoms with Gasteiger partial charge in [0.05, 0.1) is 4.83 Å². The predicted molar refractivity (Wildman–Crippen MR) is 49.6 cm³/mol. The molecule has 4 nitrogen and oxygen atoms in total. The Morgan fingerprint density at radius 3 is 2.13 bits per heavy atom. The lowest BCUT2D eigenvalue weighted by Gasteiger charge is -2.36. The molecular weight excluding hydrogens is 283 g/mol. The molecule has 90 valence electrons. The quantitative estimate of drug-likeness (QED) is 0.672. The van der Waals surface area contributed by atoms with E-state index < -0.39 is 28.6 Å². The number of carbonyl (C=O) groups is 1. The van der Waals surface area contributed by atoms with Gasteiger partial charge in [0.25, 0.3) is 0 Å². The van der Waals surface area contributed by atoms with Gasteiger partial charge in [-0.15, -0.1) is 0 Å². The Kier molecular flexibility index (Phi) is 4.56. The number of hydrogen-bond donors (Lipinski definition) is 3. The zero-order valence-electron chi connectivity index (χ0n) is 7.75. The van der Waals surface area contributed by atoms with E-state index in [1.54, 1.807) is 0 Å². The molecule has 4 N–H and O–H groups in total. The highest BCUT2D eigenvalue weighted by Crippen LogP contribution is 2.39. The lowest BCUT2D eigenvalue weighted by molar-refractivity contribution is -0.266. The highest BCUT2D eigenvalue weighted by atomic mass is 79.9. The molecule has 0 radical (unpaired) electrons. The van der Waals surface area contributed by atoms with Gasteiger partial charge in [-0.05, 0) is 6.42 Å². The first-order valence-electron chi connectivity index (χ1n) is 4.00. The summed E-state index contributed by atoms with van der Waals surface area (Å²) in [6.07, 6.45) is -5.23. The van der Waals surface area contributed by atoms with Gasteiger partial charge in [0.1, 0.15) is 6.04 Å². The molecule has 0 aromatic heterocycles. The van der Waals surface area contributed by atoms with E-state index in [1.165, 1.54) is 6.92 Å². The Morgan fingerprint density at radius 1 is 1.53 bits per heavy atom. The van der Waals surface area contributed by atoms with Crippen LogP contribution < -0.4 is 5.73 Å². The maximum absolute atomic E-state index is 12.5. The molecule has 0 amide bonds. The van der Waals surface area contributed by atoms with Crippen LogP contribution in [0.15, 0.2) is 0 Å². The van der Waals surface area contributed by atoms with Gasteiger partial charge in [0, 0.05) is 0 Å². The zero-order chi connectivity index (χ0) is 12.4. The fraction of sp³-hybridized carbons (Fsp3) is 0.857. The Bertz CT molecular complexity index is 248. The Balaban J connectivity index is 5.30. The molecule has 0 saturated carbocycles. The first kappa shape index (κ1) is 14.7. The first-order chi connectivity index (χ1) is 6.59. The summed E-state index contributed by atoms with van der Waals surface area (Å²) in [6.45, 7) is 1.37. The molecule has 0 aliphatic carbocycles. The van der Waals surface area contributed by atoms with Gasteiger partial charge in [0.15, 0.2) is 5.60 Å². The number of carboxylic acids is 1. The van der Waals surface area contributed by atoms with Crippen LogP contribution in [0.25, 0.3) is 0 Å². The van der Waals surface area contributed by atoms with Crippen LogP contribution >= 0.6 is 15.9 Å². The third kappa shape index (κ3) is 2.61. The van der Waals surface area contributed by atoms with Crippen LogP contribution in [0.4, 0.5) is 13.2 Å². The molecule has 3 unspecified atom stereocenters. The van der Waals surface area contributed by atoms with E-state index in [-0.39, 0.29) is 6.42 Å². The summed E-state index contributed by atoms with van der Waals surface area (Å²) in [7, 11) is 0. The standard InChI is InChI=1S/C7H11BrF3NO3/c1-2-3(8)6(15,7(9,10)11)4(12)5(13)14/h3-4,15H,2,12H2,1H3,(H,13,14). The molecule has 0 aliphatic rings. The largest absolute Gasteiger partial charge is 0.480 e. The number of carboxylic acid groups (broad SMARTS) is 1. The van der Waals surface area contributed by atoms with E-state index in [1.807, 2.05) is 0 Å². The van der Waals surface area contributed by atoms with E-state index >= 15 is 0 Å². The average molecular weight is 294 g/mol. The molecule has 0 spiro atoms.